The quantitative estimate of drug-likeness (QED) is 0.0838. The minimum Gasteiger partial charge on any atom is -0.508 e. The third-order valence-corrected chi connectivity index (χ3v) is 10.1. The van der Waals surface area contributed by atoms with Crippen LogP contribution in [0.2, 0.25) is 0 Å². The molecular weight excluding hydrogens is 644 g/mol. The largest absolute Gasteiger partial charge is 0.508 e. The number of rotatable bonds is 21. The molecule has 2 amide bonds. The Morgan fingerprint density at radius 1 is 1.06 bits per heavy atom. The van der Waals surface area contributed by atoms with E-state index in [1.165, 1.54) is 18.3 Å². The lowest BCUT2D eigenvalue weighted by Gasteiger charge is -2.38. The Hall–Kier alpha value is -3.51. The van der Waals surface area contributed by atoms with Gasteiger partial charge in [0, 0.05) is 37.4 Å². The van der Waals surface area contributed by atoms with Crippen LogP contribution in [0.4, 0.5) is 0 Å². The second kappa shape index (κ2) is 19.6. The predicted molar refractivity (Wildman–Crippen MR) is 192 cm³/mol. The van der Waals surface area contributed by atoms with Crippen molar-refractivity contribution < 1.29 is 34.1 Å². The molecule has 5 atom stereocenters. The van der Waals surface area contributed by atoms with Crippen molar-refractivity contribution in [2.24, 2.45) is 23.0 Å². The number of nitrogens with zero attached hydrogens (tertiary/aromatic N) is 2. The highest BCUT2D eigenvalue weighted by atomic mass is 32.1. The maximum Gasteiger partial charge on any atom is 0.309 e. The van der Waals surface area contributed by atoms with Crippen LogP contribution in [0.5, 0.6) is 5.75 Å². The Morgan fingerprint density at radius 3 is 2.27 bits per heavy atom. The van der Waals surface area contributed by atoms with Gasteiger partial charge in [-0.2, -0.15) is 0 Å². The number of thiazole rings is 1. The molecule has 0 radical (unpaired) electrons. The summed E-state index contributed by atoms with van der Waals surface area (Å²) in [6.07, 6.45) is 4.69. The lowest BCUT2D eigenvalue weighted by atomic mass is 9.84. The minimum atomic E-state index is -1.12. The first kappa shape index (κ1) is 41.7. The van der Waals surface area contributed by atoms with Crippen molar-refractivity contribution in [3.05, 3.63) is 45.9 Å². The van der Waals surface area contributed by atoms with Gasteiger partial charge in [-0.15, -0.1) is 11.3 Å². The zero-order chi connectivity index (χ0) is 36.9. The van der Waals surface area contributed by atoms with Gasteiger partial charge in [-0.3, -0.25) is 19.2 Å². The van der Waals surface area contributed by atoms with E-state index in [1.54, 1.807) is 43.5 Å². The Labute approximate surface area is 296 Å². The molecule has 0 aliphatic heterocycles. The number of phenolic OH excluding ortho intramolecular Hbond substituents is 1. The van der Waals surface area contributed by atoms with Crippen molar-refractivity contribution in [1.29, 1.82) is 0 Å². The van der Waals surface area contributed by atoms with Crippen LogP contribution in [0.1, 0.15) is 127 Å². The fraction of sp³-hybridized carbons (Fsp3) is 0.649. The van der Waals surface area contributed by atoms with E-state index in [0.29, 0.717) is 18.0 Å². The van der Waals surface area contributed by atoms with E-state index >= 15 is 0 Å². The third-order valence-electron chi connectivity index (χ3n) is 9.13. The number of hydrogen-bond acceptors (Lipinski definition) is 9. The molecule has 2 aromatic rings. The summed E-state index contributed by atoms with van der Waals surface area (Å²) in [7, 11) is 0. The van der Waals surface area contributed by atoms with Crippen LogP contribution < -0.4 is 11.1 Å². The number of aromatic nitrogens is 1. The van der Waals surface area contributed by atoms with Crippen molar-refractivity contribution in [3.8, 4) is 5.75 Å². The highest BCUT2D eigenvalue weighted by Crippen LogP contribution is 2.32. The van der Waals surface area contributed by atoms with Crippen LogP contribution in [0.3, 0.4) is 0 Å². The van der Waals surface area contributed by atoms with Crippen molar-refractivity contribution in [1.82, 2.24) is 15.2 Å². The molecule has 5 N–H and O–H groups in total. The second-order valence-electron chi connectivity index (χ2n) is 14.2. The number of aromatic hydroxyl groups is 1. The van der Waals surface area contributed by atoms with E-state index in [2.05, 4.69) is 17.2 Å². The van der Waals surface area contributed by atoms with Crippen LogP contribution >= 0.6 is 11.3 Å². The van der Waals surface area contributed by atoms with E-state index in [9.17, 15) is 29.4 Å². The van der Waals surface area contributed by atoms with E-state index < -0.39 is 41.4 Å². The molecule has 0 aliphatic rings. The van der Waals surface area contributed by atoms with Crippen LogP contribution in [-0.4, -0.2) is 68.5 Å². The lowest BCUT2D eigenvalue weighted by molar-refractivity contribution is -0.149. The molecule has 0 spiro atoms. The van der Waals surface area contributed by atoms with Gasteiger partial charge >= 0.3 is 11.9 Å². The molecule has 1 heterocycles. The Bertz CT molecular complexity index is 1360. The van der Waals surface area contributed by atoms with Crippen molar-refractivity contribution >= 4 is 35.1 Å². The number of hydrogen-bond donors (Lipinski definition) is 4. The topological polar surface area (TPSA) is 172 Å². The SMILES string of the molecule is CCCCCCN(C(=O)[C@@H](N)[C@@H](C)CC)[C@H](C[C@@H](OC(C)=O)c1nc(C(=O)N[C@@H](Cc2ccc(O)cc2)CC(C)(C)C(=O)O)cs1)C(C)C. The van der Waals surface area contributed by atoms with Crippen molar-refractivity contribution in [2.45, 2.75) is 131 Å². The number of nitrogens with one attached hydrogen (secondary N) is 1. The van der Waals surface area contributed by atoms with Crippen LogP contribution in [0.25, 0.3) is 0 Å². The molecule has 0 unspecified atom stereocenters. The summed E-state index contributed by atoms with van der Waals surface area (Å²) in [5.74, 6) is -1.97. The number of carboxylic acids is 1. The van der Waals surface area contributed by atoms with E-state index in [4.69, 9.17) is 10.5 Å². The first-order chi connectivity index (χ1) is 23.0. The van der Waals surface area contributed by atoms with Crippen molar-refractivity contribution in [2.75, 3.05) is 6.54 Å². The number of carbonyl (C=O) groups is 4. The average molecular weight is 703 g/mol. The van der Waals surface area contributed by atoms with Gasteiger partial charge in [-0.1, -0.05) is 72.4 Å². The molecule has 274 valence electrons. The monoisotopic (exact) mass is 702 g/mol. The van der Waals surface area contributed by atoms with Gasteiger partial charge in [0.25, 0.3) is 5.91 Å². The van der Waals surface area contributed by atoms with Gasteiger partial charge < -0.3 is 30.9 Å². The first-order valence-electron chi connectivity index (χ1n) is 17.5. The summed E-state index contributed by atoms with van der Waals surface area (Å²) in [6, 6.07) is 5.03. The summed E-state index contributed by atoms with van der Waals surface area (Å²) in [6.45, 7) is 15.3. The second-order valence-corrected chi connectivity index (χ2v) is 15.0. The smallest absolute Gasteiger partial charge is 0.309 e. The van der Waals surface area contributed by atoms with E-state index in [0.717, 1.165) is 37.7 Å². The number of carbonyl (C=O) groups excluding carboxylic acids is 3. The van der Waals surface area contributed by atoms with Gasteiger partial charge in [0.05, 0.1) is 11.5 Å². The maximum atomic E-state index is 13.9. The number of esters is 1. The average Bonchev–Trinajstić information content (AvgIpc) is 3.53. The molecule has 2 rings (SSSR count). The fourth-order valence-electron chi connectivity index (χ4n) is 5.81. The number of ether oxygens (including phenoxy) is 1. The minimum absolute atomic E-state index is 0.00157. The summed E-state index contributed by atoms with van der Waals surface area (Å²) in [5, 5.41) is 24.5. The van der Waals surface area contributed by atoms with Crippen LogP contribution in [0, 0.1) is 17.3 Å². The van der Waals surface area contributed by atoms with Crippen LogP contribution in [-0.2, 0) is 25.5 Å². The number of nitrogens with two attached hydrogens (primary N) is 1. The first-order valence-corrected chi connectivity index (χ1v) is 18.4. The molecule has 0 saturated carbocycles. The van der Waals surface area contributed by atoms with E-state index in [-0.39, 0.29) is 48.1 Å². The standard InChI is InChI=1S/C37H58N4O7S/c1-9-11-12-13-18-41(35(45)32(38)24(5)10-2)30(23(3)4)20-31(48-25(6)42)34-40-29(22-49-34)33(44)39-27(21-37(7,8)36(46)47)19-26-14-16-28(43)17-15-26/h14-17,22-24,27,30-32,43H,9-13,18-21,38H2,1-8H3,(H,39,44)(H,46,47)/t24-,27-,30+,31+,32-/m0/s1. The predicted octanol–water partition coefficient (Wildman–Crippen LogP) is 6.49. The molecule has 0 saturated heterocycles. The Morgan fingerprint density at radius 2 is 1.71 bits per heavy atom. The molecule has 0 aliphatic carbocycles. The number of carboxylic acid groups (broad SMARTS) is 1. The number of amides is 2. The molecule has 12 heteroatoms. The van der Waals surface area contributed by atoms with Crippen molar-refractivity contribution in [3.63, 3.8) is 0 Å². The maximum absolute atomic E-state index is 13.9. The Balaban J connectivity index is 2.39. The summed E-state index contributed by atoms with van der Waals surface area (Å²) in [4.78, 5) is 58.2. The number of unbranched alkanes of at least 4 members (excludes halogenated alkanes) is 3. The van der Waals surface area contributed by atoms with Crippen LogP contribution in [0.15, 0.2) is 29.6 Å². The van der Waals surface area contributed by atoms with Gasteiger partial charge in [0.1, 0.15) is 16.5 Å². The zero-order valence-electron chi connectivity index (χ0n) is 30.5. The summed E-state index contributed by atoms with van der Waals surface area (Å²) < 4.78 is 5.80. The highest BCUT2D eigenvalue weighted by molar-refractivity contribution is 7.09. The van der Waals surface area contributed by atoms with Gasteiger partial charge in [0.15, 0.2) is 6.10 Å². The van der Waals surface area contributed by atoms with Gasteiger partial charge in [-0.05, 0) is 62.6 Å². The number of benzene rings is 1. The van der Waals surface area contributed by atoms with Gasteiger partial charge in [0.2, 0.25) is 5.91 Å². The lowest BCUT2D eigenvalue weighted by Crippen LogP contribution is -2.53. The normalized spacial score (nSPS) is 14.8. The highest BCUT2D eigenvalue weighted by Gasteiger charge is 2.36. The summed E-state index contributed by atoms with van der Waals surface area (Å²) in [5.41, 5.74) is 6.29. The number of aliphatic carboxylic acids is 1. The fourth-order valence-corrected chi connectivity index (χ4v) is 6.65. The molecule has 11 nitrogen and oxygen atoms in total. The molecule has 49 heavy (non-hydrogen) atoms. The molecule has 0 fully saturated rings. The van der Waals surface area contributed by atoms with Gasteiger partial charge in [-0.25, -0.2) is 4.98 Å². The summed E-state index contributed by atoms with van der Waals surface area (Å²) >= 11 is 1.19. The third kappa shape index (κ3) is 13.0. The number of phenols is 1. The molecule has 1 aromatic carbocycles. The Kier molecular flexibility index (Phi) is 16.7. The molecule has 0 bridgehead atoms. The molecular formula is C37H58N4O7S. The molecule has 1 aromatic heterocycles. The van der Waals surface area contributed by atoms with E-state index in [1.807, 2.05) is 32.6 Å². The zero-order valence-corrected chi connectivity index (χ0v) is 31.3.